The number of hydrogen-bond donors (Lipinski definition) is 1. The number of ketones is 1. The van der Waals surface area contributed by atoms with E-state index in [0.29, 0.717) is 11.1 Å². The Balaban J connectivity index is 1.63. The van der Waals surface area contributed by atoms with E-state index in [1.165, 1.54) is 31.2 Å². The fourth-order valence-electron chi connectivity index (χ4n) is 2.62. The second-order valence-corrected chi connectivity index (χ2v) is 6.43. The van der Waals surface area contributed by atoms with Crippen LogP contribution in [0.1, 0.15) is 33.2 Å². The summed E-state index contributed by atoms with van der Waals surface area (Å²) < 4.78 is 31.9. The normalized spacial score (nSPS) is 11.4. The van der Waals surface area contributed by atoms with Crippen molar-refractivity contribution in [3.05, 3.63) is 101 Å². The van der Waals surface area contributed by atoms with Gasteiger partial charge in [-0.25, -0.2) is 13.6 Å². The lowest BCUT2D eigenvalue weighted by atomic mass is 10.0. The standard InChI is InChI=1S/C23H17F2NO4/c1-14(22(28)26-20-13-18(24)11-12-19(20)25)30-23(29)17-9-7-16(8-10-17)21(27)15-5-3-2-4-6-15/h2-14H,1H3,(H,26,28)/t14-/m1/s1. The van der Waals surface area contributed by atoms with Crippen LogP contribution in [0, 0.1) is 11.6 Å². The zero-order valence-electron chi connectivity index (χ0n) is 15.9. The molecular weight excluding hydrogens is 392 g/mol. The highest BCUT2D eigenvalue weighted by Gasteiger charge is 2.20. The highest BCUT2D eigenvalue weighted by Crippen LogP contribution is 2.16. The second-order valence-electron chi connectivity index (χ2n) is 6.43. The molecule has 0 saturated heterocycles. The van der Waals surface area contributed by atoms with Crippen molar-refractivity contribution in [2.75, 3.05) is 5.32 Å². The molecule has 0 bridgehead atoms. The molecule has 0 fully saturated rings. The Hall–Kier alpha value is -3.87. The third-order valence-electron chi connectivity index (χ3n) is 4.26. The molecule has 3 aromatic rings. The van der Waals surface area contributed by atoms with Gasteiger partial charge in [-0.2, -0.15) is 0 Å². The second kappa shape index (κ2) is 9.09. The molecule has 30 heavy (non-hydrogen) atoms. The summed E-state index contributed by atoms with van der Waals surface area (Å²) in [6.45, 7) is 1.30. The number of nitrogens with one attached hydrogen (secondary N) is 1. The summed E-state index contributed by atoms with van der Waals surface area (Å²) in [5.41, 5.74) is 0.690. The van der Waals surface area contributed by atoms with Crippen LogP contribution < -0.4 is 5.32 Å². The number of anilines is 1. The summed E-state index contributed by atoms with van der Waals surface area (Å²) in [6.07, 6.45) is -1.26. The molecule has 1 atom stereocenters. The van der Waals surface area contributed by atoms with Crippen LogP contribution in [-0.4, -0.2) is 23.8 Å². The number of rotatable bonds is 6. The van der Waals surface area contributed by atoms with Crippen molar-refractivity contribution in [2.24, 2.45) is 0 Å². The quantitative estimate of drug-likeness (QED) is 0.484. The maximum Gasteiger partial charge on any atom is 0.338 e. The van der Waals surface area contributed by atoms with Crippen LogP contribution in [0.4, 0.5) is 14.5 Å². The monoisotopic (exact) mass is 409 g/mol. The first kappa shape index (κ1) is 20.9. The molecule has 0 spiro atoms. The van der Waals surface area contributed by atoms with Crippen molar-refractivity contribution in [2.45, 2.75) is 13.0 Å². The number of hydrogen-bond acceptors (Lipinski definition) is 4. The summed E-state index contributed by atoms with van der Waals surface area (Å²) in [4.78, 5) is 36.8. The number of esters is 1. The van der Waals surface area contributed by atoms with E-state index in [1.807, 2.05) is 0 Å². The van der Waals surface area contributed by atoms with Crippen LogP contribution in [0.5, 0.6) is 0 Å². The SMILES string of the molecule is C[C@@H](OC(=O)c1ccc(C(=O)c2ccccc2)cc1)C(=O)Nc1cc(F)ccc1F. The molecule has 1 N–H and O–H groups in total. The Morgan fingerprint density at radius 1 is 0.833 bits per heavy atom. The molecule has 0 aromatic heterocycles. The van der Waals surface area contributed by atoms with Gasteiger partial charge in [-0.15, -0.1) is 0 Å². The van der Waals surface area contributed by atoms with E-state index in [1.54, 1.807) is 30.3 Å². The Morgan fingerprint density at radius 3 is 2.10 bits per heavy atom. The number of carbonyl (C=O) groups excluding carboxylic acids is 3. The first-order chi connectivity index (χ1) is 14.3. The van der Waals surface area contributed by atoms with Gasteiger partial charge in [0.05, 0.1) is 11.3 Å². The van der Waals surface area contributed by atoms with Gasteiger partial charge in [0.1, 0.15) is 11.6 Å². The van der Waals surface area contributed by atoms with Gasteiger partial charge in [0.25, 0.3) is 5.91 Å². The molecule has 0 unspecified atom stereocenters. The molecule has 0 aliphatic carbocycles. The van der Waals surface area contributed by atoms with Gasteiger partial charge in [-0.3, -0.25) is 9.59 Å². The van der Waals surface area contributed by atoms with Crippen LogP contribution >= 0.6 is 0 Å². The first-order valence-electron chi connectivity index (χ1n) is 9.02. The molecule has 152 valence electrons. The number of ether oxygens (including phenoxy) is 1. The molecule has 0 aliphatic heterocycles. The number of amides is 1. The Bertz CT molecular complexity index is 1080. The highest BCUT2D eigenvalue weighted by molar-refractivity contribution is 6.09. The maximum atomic E-state index is 13.6. The molecule has 0 heterocycles. The summed E-state index contributed by atoms with van der Waals surface area (Å²) in [7, 11) is 0. The smallest absolute Gasteiger partial charge is 0.338 e. The fourth-order valence-corrected chi connectivity index (χ4v) is 2.62. The van der Waals surface area contributed by atoms with E-state index in [-0.39, 0.29) is 17.0 Å². The van der Waals surface area contributed by atoms with Crippen LogP contribution in [0.15, 0.2) is 72.8 Å². The van der Waals surface area contributed by atoms with Gasteiger partial charge in [0.15, 0.2) is 11.9 Å². The van der Waals surface area contributed by atoms with Crippen LogP contribution in [0.3, 0.4) is 0 Å². The lowest BCUT2D eigenvalue weighted by Gasteiger charge is -2.14. The fraction of sp³-hybridized carbons (Fsp3) is 0.0870. The summed E-state index contributed by atoms with van der Waals surface area (Å²) in [5, 5.41) is 2.17. The van der Waals surface area contributed by atoms with Crippen molar-refractivity contribution < 1.29 is 27.9 Å². The van der Waals surface area contributed by atoms with Gasteiger partial charge in [-0.05, 0) is 31.2 Å². The van der Waals surface area contributed by atoms with Gasteiger partial charge in [0, 0.05) is 17.2 Å². The van der Waals surface area contributed by atoms with Gasteiger partial charge >= 0.3 is 5.97 Å². The van der Waals surface area contributed by atoms with E-state index in [0.717, 1.165) is 18.2 Å². The van der Waals surface area contributed by atoms with Crippen molar-refractivity contribution in [3.63, 3.8) is 0 Å². The molecular formula is C23H17F2NO4. The van der Waals surface area contributed by atoms with Crippen molar-refractivity contribution in [1.82, 2.24) is 0 Å². The molecule has 0 radical (unpaired) electrons. The minimum absolute atomic E-state index is 0.135. The first-order valence-corrected chi connectivity index (χ1v) is 9.02. The van der Waals surface area contributed by atoms with E-state index < -0.39 is 29.6 Å². The third kappa shape index (κ3) is 4.94. The maximum absolute atomic E-state index is 13.6. The Labute approximate surface area is 171 Å². The topological polar surface area (TPSA) is 72.5 Å². The molecule has 0 aliphatic rings. The average Bonchev–Trinajstić information content (AvgIpc) is 2.76. The van der Waals surface area contributed by atoms with Crippen LogP contribution in [0.25, 0.3) is 0 Å². The zero-order chi connectivity index (χ0) is 21.7. The largest absolute Gasteiger partial charge is 0.449 e. The lowest BCUT2D eigenvalue weighted by Crippen LogP contribution is -2.30. The Kier molecular flexibility index (Phi) is 6.32. The van der Waals surface area contributed by atoms with Gasteiger partial charge in [0.2, 0.25) is 0 Å². The molecule has 3 rings (SSSR count). The highest BCUT2D eigenvalue weighted by atomic mass is 19.1. The number of benzene rings is 3. The summed E-state index contributed by atoms with van der Waals surface area (Å²) in [6, 6.07) is 17.1. The molecule has 5 nitrogen and oxygen atoms in total. The number of carbonyl (C=O) groups is 3. The van der Waals surface area contributed by atoms with Crippen molar-refractivity contribution >= 4 is 23.3 Å². The average molecular weight is 409 g/mol. The minimum Gasteiger partial charge on any atom is -0.449 e. The van der Waals surface area contributed by atoms with Crippen molar-refractivity contribution in [3.8, 4) is 0 Å². The predicted molar refractivity (Wildman–Crippen MR) is 106 cm³/mol. The predicted octanol–water partition coefficient (Wildman–Crippen LogP) is 4.38. The van der Waals surface area contributed by atoms with Gasteiger partial charge < -0.3 is 10.1 Å². The lowest BCUT2D eigenvalue weighted by molar-refractivity contribution is -0.123. The summed E-state index contributed by atoms with van der Waals surface area (Å²) >= 11 is 0. The van der Waals surface area contributed by atoms with Crippen molar-refractivity contribution in [1.29, 1.82) is 0 Å². The minimum atomic E-state index is -1.26. The third-order valence-corrected chi connectivity index (χ3v) is 4.26. The van der Waals surface area contributed by atoms with E-state index in [2.05, 4.69) is 5.32 Å². The van der Waals surface area contributed by atoms with Crippen LogP contribution in [0.2, 0.25) is 0 Å². The number of halogens is 2. The van der Waals surface area contributed by atoms with E-state index in [9.17, 15) is 23.2 Å². The Morgan fingerprint density at radius 2 is 1.43 bits per heavy atom. The van der Waals surface area contributed by atoms with Crippen LogP contribution in [-0.2, 0) is 9.53 Å². The molecule has 3 aromatic carbocycles. The molecule has 7 heteroatoms. The molecule has 0 saturated carbocycles. The van der Waals surface area contributed by atoms with Gasteiger partial charge in [-0.1, -0.05) is 42.5 Å². The van der Waals surface area contributed by atoms with E-state index in [4.69, 9.17) is 4.74 Å². The zero-order valence-corrected chi connectivity index (χ0v) is 15.9. The van der Waals surface area contributed by atoms with E-state index >= 15 is 0 Å². The molecule has 1 amide bonds. The summed E-state index contributed by atoms with van der Waals surface area (Å²) in [5.74, 6) is -3.34.